The molecule has 0 saturated heterocycles. The molecule has 0 fully saturated rings. The van der Waals surface area contributed by atoms with E-state index in [-0.39, 0.29) is 17.6 Å². The van der Waals surface area contributed by atoms with Gasteiger partial charge in [-0.15, -0.1) is 11.3 Å². The molecule has 128 valence electrons. The van der Waals surface area contributed by atoms with Crippen LogP contribution in [0.1, 0.15) is 25.8 Å². The molecule has 2 amide bonds. The van der Waals surface area contributed by atoms with Gasteiger partial charge in [-0.2, -0.15) is 0 Å². The highest BCUT2D eigenvalue weighted by atomic mass is 79.9. The van der Waals surface area contributed by atoms with Crippen LogP contribution >= 0.6 is 27.3 Å². The fraction of sp³-hybridized carbons (Fsp3) is 0.111. The Kier molecular flexibility index (Phi) is 5.35. The highest BCUT2D eigenvalue weighted by Gasteiger charge is 2.21. The summed E-state index contributed by atoms with van der Waals surface area (Å²) in [5, 5.41) is 4.84. The summed E-state index contributed by atoms with van der Waals surface area (Å²) in [5.74, 6) is -0.364. The quantitative estimate of drug-likeness (QED) is 0.671. The lowest BCUT2D eigenvalue weighted by molar-refractivity contribution is 0.0951. The fourth-order valence-electron chi connectivity index (χ4n) is 2.34. The second-order valence-corrected chi connectivity index (χ2v) is 7.06. The molecular formula is C18H15BrN2O3S. The van der Waals surface area contributed by atoms with Crippen molar-refractivity contribution in [2.45, 2.75) is 6.54 Å². The van der Waals surface area contributed by atoms with Crippen molar-refractivity contribution in [2.75, 3.05) is 11.9 Å². The van der Waals surface area contributed by atoms with E-state index in [9.17, 15) is 9.59 Å². The van der Waals surface area contributed by atoms with Gasteiger partial charge in [0.15, 0.2) is 10.4 Å². The Morgan fingerprint density at radius 2 is 1.96 bits per heavy atom. The number of halogens is 1. The first-order valence-electron chi connectivity index (χ1n) is 7.49. The van der Waals surface area contributed by atoms with Crippen LogP contribution in [-0.2, 0) is 6.54 Å². The Balaban J connectivity index is 1.80. The first-order valence-corrected chi connectivity index (χ1v) is 9.16. The van der Waals surface area contributed by atoms with Crippen molar-refractivity contribution in [3.05, 3.63) is 74.8 Å². The van der Waals surface area contributed by atoms with Gasteiger partial charge >= 0.3 is 0 Å². The van der Waals surface area contributed by atoms with E-state index in [1.165, 1.54) is 4.90 Å². The van der Waals surface area contributed by atoms with Crippen molar-refractivity contribution in [1.29, 1.82) is 0 Å². The predicted octanol–water partition coefficient (Wildman–Crippen LogP) is 4.31. The maximum absolute atomic E-state index is 12.6. The predicted molar refractivity (Wildman–Crippen MR) is 101 cm³/mol. The average Bonchev–Trinajstić information content (AvgIpc) is 3.30. The van der Waals surface area contributed by atoms with Gasteiger partial charge in [0.1, 0.15) is 0 Å². The summed E-state index contributed by atoms with van der Waals surface area (Å²) in [6, 6.07) is 14.1. The zero-order valence-corrected chi connectivity index (χ0v) is 15.8. The molecule has 1 aromatic carbocycles. The molecule has 0 aliphatic carbocycles. The van der Waals surface area contributed by atoms with Gasteiger partial charge in [-0.25, -0.2) is 0 Å². The van der Waals surface area contributed by atoms with Crippen molar-refractivity contribution in [2.24, 2.45) is 0 Å². The van der Waals surface area contributed by atoms with E-state index in [0.29, 0.717) is 22.5 Å². The van der Waals surface area contributed by atoms with Gasteiger partial charge in [-0.05, 0) is 51.6 Å². The summed E-state index contributed by atoms with van der Waals surface area (Å²) in [6.07, 6.45) is 0. The lowest BCUT2D eigenvalue weighted by Crippen LogP contribution is -2.30. The number of rotatable bonds is 5. The van der Waals surface area contributed by atoms with E-state index in [0.717, 1.165) is 4.88 Å². The van der Waals surface area contributed by atoms with Gasteiger partial charge in [0.05, 0.1) is 17.8 Å². The van der Waals surface area contributed by atoms with Gasteiger partial charge in [-0.1, -0.05) is 18.2 Å². The number of hydrogen-bond acceptors (Lipinski definition) is 4. The molecule has 0 aliphatic heterocycles. The maximum Gasteiger partial charge on any atom is 0.293 e. The molecule has 2 aromatic heterocycles. The third-order valence-electron chi connectivity index (χ3n) is 3.60. The Morgan fingerprint density at radius 3 is 2.64 bits per heavy atom. The number of carbonyl (C=O) groups is 2. The molecular weight excluding hydrogens is 404 g/mol. The molecule has 3 rings (SSSR count). The minimum Gasteiger partial charge on any atom is -0.444 e. The molecule has 0 saturated carbocycles. The number of thiophene rings is 1. The summed E-state index contributed by atoms with van der Waals surface area (Å²) in [7, 11) is 1.62. The van der Waals surface area contributed by atoms with Gasteiger partial charge < -0.3 is 14.6 Å². The molecule has 0 atom stereocenters. The molecule has 0 spiro atoms. The first-order chi connectivity index (χ1) is 12.1. The molecule has 1 N–H and O–H groups in total. The normalized spacial score (nSPS) is 10.5. The number of benzene rings is 1. The molecule has 5 nitrogen and oxygen atoms in total. The number of nitrogens with one attached hydrogen (secondary N) is 1. The third kappa shape index (κ3) is 4.00. The highest BCUT2D eigenvalue weighted by molar-refractivity contribution is 9.10. The highest BCUT2D eigenvalue weighted by Crippen LogP contribution is 2.23. The topological polar surface area (TPSA) is 62.6 Å². The Bertz CT molecular complexity index is 889. The molecule has 0 aliphatic rings. The number of amides is 2. The number of hydrogen-bond donors (Lipinski definition) is 1. The van der Waals surface area contributed by atoms with Crippen LogP contribution in [-0.4, -0.2) is 18.9 Å². The molecule has 0 bridgehead atoms. The smallest absolute Gasteiger partial charge is 0.293 e. The van der Waals surface area contributed by atoms with E-state index in [2.05, 4.69) is 21.2 Å². The standard InChI is InChI=1S/C18H15BrN2O3S/c1-21(18(23)15-8-9-16(19)24-15)14-7-3-2-6-13(14)17(22)20-11-12-5-4-10-25-12/h2-10H,11H2,1H3,(H,20,22). The molecule has 2 heterocycles. The van der Waals surface area contributed by atoms with E-state index in [1.807, 2.05) is 17.5 Å². The van der Waals surface area contributed by atoms with E-state index >= 15 is 0 Å². The van der Waals surface area contributed by atoms with Crippen molar-refractivity contribution in [3.63, 3.8) is 0 Å². The number of para-hydroxylation sites is 1. The zero-order valence-electron chi connectivity index (χ0n) is 13.4. The molecule has 25 heavy (non-hydrogen) atoms. The first kappa shape index (κ1) is 17.4. The van der Waals surface area contributed by atoms with Crippen LogP contribution in [0.3, 0.4) is 0 Å². The van der Waals surface area contributed by atoms with Gasteiger partial charge in [-0.3, -0.25) is 9.59 Å². The average molecular weight is 419 g/mol. The Hall–Kier alpha value is -2.38. The largest absolute Gasteiger partial charge is 0.444 e. The van der Waals surface area contributed by atoms with Crippen LogP contribution in [0.2, 0.25) is 0 Å². The number of anilines is 1. The Morgan fingerprint density at radius 1 is 1.16 bits per heavy atom. The van der Waals surface area contributed by atoms with Gasteiger partial charge in [0.25, 0.3) is 11.8 Å². The van der Waals surface area contributed by atoms with Crippen molar-refractivity contribution in [1.82, 2.24) is 5.32 Å². The summed E-state index contributed by atoms with van der Waals surface area (Å²) in [4.78, 5) is 27.6. The van der Waals surface area contributed by atoms with Crippen LogP contribution in [0.4, 0.5) is 5.69 Å². The zero-order chi connectivity index (χ0) is 17.8. The molecule has 7 heteroatoms. The van der Waals surface area contributed by atoms with Crippen LogP contribution in [0, 0.1) is 0 Å². The summed E-state index contributed by atoms with van der Waals surface area (Å²) in [5.41, 5.74) is 0.948. The lowest BCUT2D eigenvalue weighted by Gasteiger charge is -2.19. The maximum atomic E-state index is 12.6. The SMILES string of the molecule is CN(C(=O)c1ccc(Br)o1)c1ccccc1C(=O)NCc1cccs1. The minimum absolute atomic E-state index is 0.197. The molecule has 3 aromatic rings. The van der Waals surface area contributed by atoms with Gasteiger partial charge in [0, 0.05) is 11.9 Å². The lowest BCUT2D eigenvalue weighted by atomic mass is 10.1. The van der Waals surface area contributed by atoms with Crippen LogP contribution in [0.5, 0.6) is 0 Å². The molecule has 0 unspecified atom stereocenters. The van der Waals surface area contributed by atoms with Crippen molar-refractivity contribution < 1.29 is 14.0 Å². The second-order valence-electron chi connectivity index (χ2n) is 5.25. The van der Waals surface area contributed by atoms with Crippen LogP contribution < -0.4 is 10.2 Å². The summed E-state index contributed by atoms with van der Waals surface area (Å²) < 4.78 is 5.79. The summed E-state index contributed by atoms with van der Waals surface area (Å²) >= 11 is 4.76. The van der Waals surface area contributed by atoms with Crippen molar-refractivity contribution in [3.8, 4) is 0 Å². The van der Waals surface area contributed by atoms with Crippen molar-refractivity contribution >= 4 is 44.8 Å². The third-order valence-corrected chi connectivity index (χ3v) is 4.90. The van der Waals surface area contributed by atoms with Gasteiger partial charge in [0.2, 0.25) is 0 Å². The van der Waals surface area contributed by atoms with E-state index < -0.39 is 0 Å². The minimum atomic E-state index is -0.329. The molecule has 0 radical (unpaired) electrons. The fourth-order valence-corrected chi connectivity index (χ4v) is 3.29. The van der Waals surface area contributed by atoms with E-state index in [4.69, 9.17) is 4.42 Å². The second kappa shape index (κ2) is 7.67. The Labute approximate surface area is 157 Å². The number of carbonyl (C=O) groups excluding carboxylic acids is 2. The number of nitrogens with zero attached hydrogens (tertiary/aromatic N) is 1. The van der Waals surface area contributed by atoms with Crippen LogP contribution in [0.15, 0.2) is 63.0 Å². The van der Waals surface area contributed by atoms with Crippen LogP contribution in [0.25, 0.3) is 0 Å². The number of furan rings is 1. The monoisotopic (exact) mass is 418 g/mol. The van der Waals surface area contributed by atoms with E-state index in [1.54, 1.807) is 54.8 Å². The summed E-state index contributed by atoms with van der Waals surface area (Å²) in [6.45, 7) is 0.452.